The largest absolute Gasteiger partial charge is 0.388 e. The van der Waals surface area contributed by atoms with E-state index in [1.54, 1.807) is 12.3 Å². The van der Waals surface area contributed by atoms with Gasteiger partial charge < -0.3 is 9.84 Å². The van der Waals surface area contributed by atoms with Gasteiger partial charge >= 0.3 is 0 Å². The second-order valence-electron chi connectivity index (χ2n) is 6.13. The molecule has 1 N–H and O–H groups in total. The average Bonchev–Trinajstić information content (AvgIpc) is 2.47. The van der Waals surface area contributed by atoms with Crippen LogP contribution in [0.1, 0.15) is 45.8 Å². The van der Waals surface area contributed by atoms with Crippen LogP contribution in [-0.2, 0) is 4.74 Å². The highest BCUT2D eigenvalue weighted by Crippen LogP contribution is 2.47. The lowest BCUT2D eigenvalue weighted by molar-refractivity contribution is -0.0880. The molecule has 100 valence electrons. The molecule has 1 aliphatic heterocycles. The molecule has 2 unspecified atom stereocenters. The molecule has 2 heterocycles. The summed E-state index contributed by atoms with van der Waals surface area (Å²) in [5, 5.41) is 11.0. The van der Waals surface area contributed by atoms with E-state index in [9.17, 15) is 5.11 Å². The fraction of sp³-hybridized carbons (Fsp3) is 0.643. The van der Waals surface area contributed by atoms with Crippen LogP contribution in [0, 0.1) is 5.92 Å². The number of nitrogens with zero attached hydrogens (tertiary/aromatic N) is 1. The summed E-state index contributed by atoms with van der Waals surface area (Å²) in [6, 6.07) is 3.52. The summed E-state index contributed by atoms with van der Waals surface area (Å²) < 4.78 is 6.01. The lowest BCUT2D eigenvalue weighted by atomic mass is 9.81. The Balaban J connectivity index is 2.23. The van der Waals surface area contributed by atoms with Crippen molar-refractivity contribution < 1.29 is 9.84 Å². The van der Waals surface area contributed by atoms with Crippen LogP contribution in [0.4, 0.5) is 0 Å². The van der Waals surface area contributed by atoms with Crippen LogP contribution in [0.3, 0.4) is 0 Å². The maximum Gasteiger partial charge on any atom is 0.129 e. The molecular weight excluding hydrogens is 250 g/mol. The second kappa shape index (κ2) is 4.48. The molecule has 1 aromatic rings. The Hall–Kier alpha value is -0.640. The Morgan fingerprint density at radius 3 is 2.50 bits per heavy atom. The summed E-state index contributed by atoms with van der Waals surface area (Å²) in [6.07, 6.45) is 1.88. The van der Waals surface area contributed by atoms with Gasteiger partial charge in [0.2, 0.25) is 0 Å². The molecule has 0 spiro atoms. The summed E-state index contributed by atoms with van der Waals surface area (Å²) in [5.74, 6) is 0.0514. The molecule has 1 fully saturated rings. The van der Waals surface area contributed by atoms with Gasteiger partial charge in [0, 0.05) is 12.1 Å². The molecule has 1 aromatic heterocycles. The number of hydrogen-bond acceptors (Lipinski definition) is 3. The zero-order valence-electron chi connectivity index (χ0n) is 11.3. The Kier molecular flexibility index (Phi) is 3.43. The van der Waals surface area contributed by atoms with E-state index < -0.39 is 6.10 Å². The minimum absolute atomic E-state index is 0.0514. The third-order valence-electron chi connectivity index (χ3n) is 3.62. The predicted molar refractivity (Wildman–Crippen MR) is 71.6 cm³/mol. The molecule has 0 radical (unpaired) electrons. The summed E-state index contributed by atoms with van der Waals surface area (Å²) in [5.41, 5.74) is 0.246. The van der Waals surface area contributed by atoms with Crippen molar-refractivity contribution in [2.24, 2.45) is 5.92 Å². The monoisotopic (exact) mass is 269 g/mol. The zero-order chi connectivity index (χ0) is 13.6. The highest BCUT2D eigenvalue weighted by atomic mass is 35.5. The molecule has 2 atom stereocenters. The van der Waals surface area contributed by atoms with Crippen molar-refractivity contribution in [3.63, 3.8) is 0 Å². The van der Waals surface area contributed by atoms with Crippen molar-refractivity contribution in [2.75, 3.05) is 0 Å². The number of aromatic nitrogens is 1. The first-order chi connectivity index (χ1) is 8.21. The summed E-state index contributed by atoms with van der Waals surface area (Å²) in [4.78, 5) is 4.02. The standard InChI is InChI=1S/C14H20ClNO2/c1-13(2)7-10(14(3,4)18-13)12(17)9-5-6-11(15)16-8-9/h5-6,8,10,12,17H,7H2,1-4H3. The molecule has 18 heavy (non-hydrogen) atoms. The highest BCUT2D eigenvalue weighted by Gasteiger charge is 2.49. The summed E-state index contributed by atoms with van der Waals surface area (Å²) >= 11 is 5.76. The number of pyridine rings is 1. The first-order valence-electron chi connectivity index (χ1n) is 6.21. The van der Waals surface area contributed by atoms with Gasteiger partial charge in [0.15, 0.2) is 0 Å². The number of aliphatic hydroxyl groups excluding tert-OH is 1. The van der Waals surface area contributed by atoms with Crippen LogP contribution < -0.4 is 0 Å². The fourth-order valence-corrected chi connectivity index (χ4v) is 3.00. The van der Waals surface area contributed by atoms with Gasteiger partial charge in [-0.3, -0.25) is 0 Å². The maximum absolute atomic E-state index is 10.5. The second-order valence-corrected chi connectivity index (χ2v) is 6.52. The molecule has 0 bridgehead atoms. The van der Waals surface area contributed by atoms with Crippen LogP contribution >= 0.6 is 11.6 Å². The van der Waals surface area contributed by atoms with E-state index in [2.05, 4.69) is 18.8 Å². The van der Waals surface area contributed by atoms with Crippen molar-refractivity contribution in [2.45, 2.75) is 51.4 Å². The van der Waals surface area contributed by atoms with E-state index >= 15 is 0 Å². The van der Waals surface area contributed by atoms with Crippen LogP contribution in [0.25, 0.3) is 0 Å². The molecule has 2 rings (SSSR count). The third kappa shape index (κ3) is 2.68. The number of hydrogen-bond donors (Lipinski definition) is 1. The SMILES string of the molecule is CC1(C)CC(C(O)c2ccc(Cl)nc2)C(C)(C)O1. The van der Waals surface area contributed by atoms with E-state index in [0.717, 1.165) is 12.0 Å². The van der Waals surface area contributed by atoms with E-state index in [0.29, 0.717) is 5.15 Å². The first kappa shape index (κ1) is 13.8. The number of ether oxygens (including phenoxy) is 1. The topological polar surface area (TPSA) is 42.4 Å². The highest BCUT2D eigenvalue weighted by molar-refractivity contribution is 6.29. The van der Waals surface area contributed by atoms with Crippen molar-refractivity contribution in [3.05, 3.63) is 29.0 Å². The molecule has 3 nitrogen and oxygen atoms in total. The quantitative estimate of drug-likeness (QED) is 0.837. The van der Waals surface area contributed by atoms with Crippen molar-refractivity contribution in [3.8, 4) is 0 Å². The lowest BCUT2D eigenvalue weighted by Crippen LogP contribution is -2.32. The predicted octanol–water partition coefficient (Wildman–Crippen LogP) is 3.36. The van der Waals surface area contributed by atoms with Crippen LogP contribution in [-0.4, -0.2) is 21.3 Å². The fourth-order valence-electron chi connectivity index (χ4n) is 2.89. The van der Waals surface area contributed by atoms with E-state index in [1.807, 2.05) is 19.9 Å². The lowest BCUT2D eigenvalue weighted by Gasteiger charge is -2.30. The van der Waals surface area contributed by atoms with Gasteiger partial charge in [-0.1, -0.05) is 17.7 Å². The van der Waals surface area contributed by atoms with Gasteiger partial charge in [0.25, 0.3) is 0 Å². The number of rotatable bonds is 2. The van der Waals surface area contributed by atoms with Gasteiger partial charge in [-0.15, -0.1) is 0 Å². The molecule has 4 heteroatoms. The Bertz CT molecular complexity index is 428. The Labute approximate surface area is 113 Å². The molecular formula is C14H20ClNO2. The van der Waals surface area contributed by atoms with Crippen LogP contribution in [0.2, 0.25) is 5.15 Å². The van der Waals surface area contributed by atoms with Crippen molar-refractivity contribution >= 4 is 11.6 Å². The van der Waals surface area contributed by atoms with Gasteiger partial charge in [0.1, 0.15) is 5.15 Å². The smallest absolute Gasteiger partial charge is 0.129 e. The summed E-state index contributed by atoms with van der Waals surface area (Å²) in [6.45, 7) is 8.17. The Morgan fingerprint density at radius 1 is 1.39 bits per heavy atom. The molecule has 0 aliphatic carbocycles. The molecule has 1 aliphatic rings. The van der Waals surface area contributed by atoms with Gasteiger partial charge in [-0.05, 0) is 45.7 Å². The van der Waals surface area contributed by atoms with E-state index in [1.165, 1.54) is 0 Å². The molecule has 0 amide bonds. The van der Waals surface area contributed by atoms with Crippen LogP contribution in [0.5, 0.6) is 0 Å². The Morgan fingerprint density at radius 2 is 2.06 bits per heavy atom. The van der Waals surface area contributed by atoms with Crippen LogP contribution in [0.15, 0.2) is 18.3 Å². The average molecular weight is 270 g/mol. The zero-order valence-corrected chi connectivity index (χ0v) is 12.0. The normalized spacial score (nSPS) is 27.1. The number of aliphatic hydroxyl groups is 1. The molecule has 1 saturated heterocycles. The maximum atomic E-state index is 10.5. The minimum Gasteiger partial charge on any atom is -0.388 e. The molecule has 0 saturated carbocycles. The minimum atomic E-state index is -0.577. The van der Waals surface area contributed by atoms with Crippen molar-refractivity contribution in [1.82, 2.24) is 4.98 Å². The summed E-state index contributed by atoms with van der Waals surface area (Å²) in [7, 11) is 0. The third-order valence-corrected chi connectivity index (χ3v) is 3.84. The number of halogens is 1. The van der Waals surface area contributed by atoms with E-state index in [-0.39, 0.29) is 17.1 Å². The van der Waals surface area contributed by atoms with Gasteiger partial charge in [0.05, 0.1) is 17.3 Å². The van der Waals surface area contributed by atoms with E-state index in [4.69, 9.17) is 16.3 Å². The van der Waals surface area contributed by atoms with Crippen molar-refractivity contribution in [1.29, 1.82) is 0 Å². The van der Waals surface area contributed by atoms with Gasteiger partial charge in [-0.2, -0.15) is 0 Å². The molecule has 0 aromatic carbocycles. The van der Waals surface area contributed by atoms with Gasteiger partial charge in [-0.25, -0.2) is 4.98 Å². The first-order valence-corrected chi connectivity index (χ1v) is 6.59.